The van der Waals surface area contributed by atoms with Crippen LogP contribution in [0.1, 0.15) is 72.9 Å². The molecule has 1 saturated heterocycles. The van der Waals surface area contributed by atoms with Crippen molar-refractivity contribution in [3.05, 3.63) is 65.2 Å². The van der Waals surface area contributed by atoms with Crippen LogP contribution in [0.2, 0.25) is 0 Å². The summed E-state index contributed by atoms with van der Waals surface area (Å²) in [6.45, 7) is 17.7. The Balaban J connectivity index is 1.65. The van der Waals surface area contributed by atoms with Crippen LogP contribution in [0.3, 0.4) is 0 Å². The van der Waals surface area contributed by atoms with Crippen molar-refractivity contribution in [2.75, 3.05) is 19.0 Å². The molecule has 7 nitrogen and oxygen atoms in total. The Morgan fingerprint density at radius 1 is 1.02 bits per heavy atom. The van der Waals surface area contributed by atoms with E-state index >= 15 is 0 Å². The van der Waals surface area contributed by atoms with Gasteiger partial charge in [0.2, 0.25) is 5.91 Å². The van der Waals surface area contributed by atoms with Crippen LogP contribution in [0.5, 0.6) is 5.75 Å². The molecule has 8 heteroatoms. The molecular formula is C33H44BN3O4. The van der Waals surface area contributed by atoms with Crippen molar-refractivity contribution in [1.29, 1.82) is 0 Å². The zero-order chi connectivity index (χ0) is 30.0. The molecule has 1 fully saturated rings. The number of aromatic nitrogens is 1. The molecule has 41 heavy (non-hydrogen) atoms. The van der Waals surface area contributed by atoms with Gasteiger partial charge in [0.15, 0.2) is 0 Å². The largest absolute Gasteiger partial charge is 0.497 e. The van der Waals surface area contributed by atoms with Crippen LogP contribution in [0.4, 0.5) is 5.82 Å². The highest BCUT2D eigenvalue weighted by Gasteiger charge is 2.51. The highest BCUT2D eigenvalue weighted by molar-refractivity contribution is 6.62. The molecule has 4 rings (SSSR count). The third-order valence-electron chi connectivity index (χ3n) is 7.90. The number of carbonyl (C=O) groups excluding carboxylic acids is 1. The van der Waals surface area contributed by atoms with Gasteiger partial charge >= 0.3 is 7.12 Å². The number of anilines is 1. The van der Waals surface area contributed by atoms with Gasteiger partial charge < -0.3 is 24.7 Å². The molecule has 2 aromatic carbocycles. The number of methoxy groups -OCH3 is 1. The summed E-state index contributed by atoms with van der Waals surface area (Å²) in [6.07, 6.45) is 2.80. The number of nitrogens with one attached hydrogen (secondary N) is 2. The Kier molecular flexibility index (Phi) is 8.85. The zero-order valence-electron chi connectivity index (χ0n) is 26.0. The van der Waals surface area contributed by atoms with Gasteiger partial charge in [0.1, 0.15) is 11.6 Å². The predicted molar refractivity (Wildman–Crippen MR) is 169 cm³/mol. The van der Waals surface area contributed by atoms with Crippen LogP contribution in [-0.2, 0) is 20.6 Å². The first-order valence-corrected chi connectivity index (χ1v) is 14.3. The molecule has 0 radical (unpaired) electrons. The second kappa shape index (κ2) is 11.9. The smallest absolute Gasteiger partial charge is 0.494 e. The van der Waals surface area contributed by atoms with Gasteiger partial charge in [-0.2, -0.15) is 0 Å². The average Bonchev–Trinajstić information content (AvgIpc) is 3.12. The Morgan fingerprint density at radius 2 is 1.68 bits per heavy atom. The van der Waals surface area contributed by atoms with Crippen molar-refractivity contribution in [3.8, 4) is 5.75 Å². The van der Waals surface area contributed by atoms with Crippen molar-refractivity contribution in [1.82, 2.24) is 10.3 Å². The Bertz CT molecular complexity index is 1410. The Morgan fingerprint density at radius 3 is 2.29 bits per heavy atom. The number of fused-ring (bicyclic) bond motifs is 1. The summed E-state index contributed by atoms with van der Waals surface area (Å²) in [5.74, 6) is 1.44. The van der Waals surface area contributed by atoms with Crippen molar-refractivity contribution < 1.29 is 18.8 Å². The van der Waals surface area contributed by atoms with Crippen LogP contribution < -0.4 is 20.8 Å². The number of rotatable bonds is 9. The summed E-state index contributed by atoms with van der Waals surface area (Å²) in [5.41, 5.74) is 3.62. The molecular weight excluding hydrogens is 513 g/mol. The molecule has 0 unspecified atom stereocenters. The predicted octanol–water partition coefficient (Wildman–Crippen LogP) is 6.11. The number of amides is 1. The molecule has 2 heterocycles. The minimum atomic E-state index is -0.466. The van der Waals surface area contributed by atoms with Crippen molar-refractivity contribution in [2.45, 2.75) is 79.6 Å². The topological polar surface area (TPSA) is 81.7 Å². The monoisotopic (exact) mass is 557 g/mol. The third kappa shape index (κ3) is 7.49. The zero-order valence-corrected chi connectivity index (χ0v) is 26.0. The van der Waals surface area contributed by atoms with E-state index in [9.17, 15) is 4.79 Å². The maximum absolute atomic E-state index is 12.9. The first-order chi connectivity index (χ1) is 19.2. The van der Waals surface area contributed by atoms with Crippen molar-refractivity contribution >= 4 is 41.3 Å². The van der Waals surface area contributed by atoms with E-state index in [0.717, 1.165) is 39.7 Å². The number of hydrogen-bond acceptors (Lipinski definition) is 6. The van der Waals surface area contributed by atoms with E-state index in [-0.39, 0.29) is 11.3 Å². The van der Waals surface area contributed by atoms with E-state index in [4.69, 9.17) is 19.0 Å². The third-order valence-corrected chi connectivity index (χ3v) is 7.90. The van der Waals surface area contributed by atoms with E-state index in [0.29, 0.717) is 24.5 Å². The first-order valence-electron chi connectivity index (χ1n) is 14.3. The number of benzene rings is 2. The summed E-state index contributed by atoms with van der Waals surface area (Å²) in [5, 5.41) is 7.48. The highest BCUT2D eigenvalue weighted by Crippen LogP contribution is 2.36. The standard InChI is InChI=1S/C33H44BN3O4/c1-22(30(38)35-17-16-31(2,3)4)18-25-19-24-20-26(34-40-32(5,6)33(7,8)41-34)12-15-28(24)37-29(25)36-21-23-10-13-27(39-9)14-11-23/h10-15,18-20H,16-17,21H2,1-9H3,(H,35,38)(H,36,37). The van der Waals surface area contributed by atoms with Crippen molar-refractivity contribution in [2.24, 2.45) is 5.41 Å². The van der Waals surface area contributed by atoms with E-state index in [1.807, 2.05) is 49.4 Å². The lowest BCUT2D eigenvalue weighted by Gasteiger charge is -2.32. The molecule has 1 aromatic heterocycles. The summed E-state index contributed by atoms with van der Waals surface area (Å²) < 4.78 is 17.9. The number of nitrogens with zero attached hydrogens (tertiary/aromatic N) is 1. The number of pyridine rings is 1. The van der Waals surface area contributed by atoms with E-state index < -0.39 is 18.3 Å². The van der Waals surface area contributed by atoms with Gasteiger partial charge in [0.05, 0.1) is 23.8 Å². The Labute approximate surface area is 245 Å². The maximum Gasteiger partial charge on any atom is 0.494 e. The molecule has 0 atom stereocenters. The lowest BCUT2D eigenvalue weighted by atomic mass is 9.78. The van der Waals surface area contributed by atoms with Crippen LogP contribution in [0.15, 0.2) is 54.1 Å². The second-order valence-electron chi connectivity index (χ2n) is 13.1. The molecule has 3 aromatic rings. The fourth-order valence-corrected chi connectivity index (χ4v) is 4.51. The summed E-state index contributed by atoms with van der Waals surface area (Å²) >= 11 is 0. The normalized spacial score (nSPS) is 16.6. The van der Waals surface area contributed by atoms with Crippen LogP contribution in [-0.4, -0.2) is 42.9 Å². The second-order valence-corrected chi connectivity index (χ2v) is 13.1. The molecule has 0 aliphatic carbocycles. The summed E-state index contributed by atoms with van der Waals surface area (Å²) in [7, 11) is 1.19. The van der Waals surface area contributed by atoms with Gasteiger partial charge in [-0.15, -0.1) is 0 Å². The van der Waals surface area contributed by atoms with E-state index in [1.54, 1.807) is 7.11 Å². The fourth-order valence-electron chi connectivity index (χ4n) is 4.51. The van der Waals surface area contributed by atoms with E-state index in [1.165, 1.54) is 0 Å². The van der Waals surface area contributed by atoms with Crippen LogP contribution in [0.25, 0.3) is 17.0 Å². The van der Waals surface area contributed by atoms with Gasteiger partial charge in [-0.25, -0.2) is 4.98 Å². The van der Waals surface area contributed by atoms with Crippen molar-refractivity contribution in [3.63, 3.8) is 0 Å². The van der Waals surface area contributed by atoms with Gasteiger partial charge in [-0.05, 0) is 87.8 Å². The van der Waals surface area contributed by atoms with Gasteiger partial charge in [-0.3, -0.25) is 4.79 Å². The molecule has 0 bridgehead atoms. The highest BCUT2D eigenvalue weighted by atomic mass is 16.7. The van der Waals surface area contributed by atoms with Gasteiger partial charge in [0.25, 0.3) is 0 Å². The van der Waals surface area contributed by atoms with Crippen LogP contribution >= 0.6 is 0 Å². The fraction of sp³-hybridized carbons (Fsp3) is 0.455. The molecule has 1 aliphatic rings. The molecule has 2 N–H and O–H groups in total. The SMILES string of the molecule is COc1ccc(CNc2nc3ccc(B4OC(C)(C)C(C)(C)O4)cc3cc2C=C(C)C(=O)NCCC(C)(C)C)cc1. The molecule has 218 valence electrons. The van der Waals surface area contributed by atoms with Crippen LogP contribution in [0, 0.1) is 5.41 Å². The first kappa shape index (κ1) is 30.6. The molecule has 0 saturated carbocycles. The molecule has 1 amide bonds. The average molecular weight is 558 g/mol. The van der Waals surface area contributed by atoms with Gasteiger partial charge in [-0.1, -0.05) is 45.0 Å². The summed E-state index contributed by atoms with van der Waals surface area (Å²) in [6, 6.07) is 16.1. The molecule has 1 aliphatic heterocycles. The van der Waals surface area contributed by atoms with Gasteiger partial charge in [0, 0.05) is 29.6 Å². The minimum Gasteiger partial charge on any atom is -0.497 e. The minimum absolute atomic E-state index is 0.0820. The summed E-state index contributed by atoms with van der Waals surface area (Å²) in [4.78, 5) is 17.9. The number of hydrogen-bond donors (Lipinski definition) is 2. The quantitative estimate of drug-likeness (QED) is 0.244. The number of carbonyl (C=O) groups is 1. The Hall–Kier alpha value is -3.36. The lowest BCUT2D eigenvalue weighted by molar-refractivity contribution is -0.117. The van der Waals surface area contributed by atoms with E-state index in [2.05, 4.69) is 71.2 Å². The lowest BCUT2D eigenvalue weighted by Crippen LogP contribution is -2.41. The molecule has 0 spiro atoms. The number of ether oxygens (including phenoxy) is 1. The maximum atomic E-state index is 12.9.